The Morgan fingerprint density at radius 2 is 1.34 bits per heavy atom. The van der Waals surface area contributed by atoms with Crippen LogP contribution in [0.4, 0.5) is 0 Å². The first-order valence-electron chi connectivity index (χ1n) is 17.8. The van der Waals surface area contributed by atoms with Gasteiger partial charge in [-0.3, -0.25) is 4.79 Å². The first-order valence-corrected chi connectivity index (χ1v) is 22.4. The number of carbonyl (C=O) groups is 1. The standard InChI is InChI=1S/C27H13BNSe3.C15H28O2.Ir/c1-2-6-16-14-29-18(13-15(16)5-1)17-11-12-23-26-27(17)32-22-10-4-9-21-25(22)28(26)24-19(30-21)7-3-8-20(24)31-23;1-7-14(5,8-2)12(16)11-13(17)15(6,9-3)10-4;/h1-10,12-14H;11,16H,7-10H2,1-6H3;/q-1;;/b;12-11-;/i;11D;. The van der Waals surface area contributed by atoms with E-state index < -0.39 is 10.8 Å². The van der Waals surface area contributed by atoms with Crippen LogP contribution >= 0.6 is 0 Å². The Kier molecular flexibility index (Phi) is 10.9. The van der Waals surface area contributed by atoms with Crippen molar-refractivity contribution < 1.29 is 31.4 Å². The second-order valence-corrected chi connectivity index (χ2v) is 20.4. The third-order valence-corrected chi connectivity index (χ3v) is 18.3. The summed E-state index contributed by atoms with van der Waals surface area (Å²) in [5.74, 6) is -0.288. The molecule has 3 aliphatic heterocycles. The molecule has 4 heterocycles. The van der Waals surface area contributed by atoms with E-state index in [1.54, 1.807) is 34.2 Å². The average molecular weight is 1030 g/mol. The number of allylic oxidation sites excluding steroid dienone is 2. The summed E-state index contributed by atoms with van der Waals surface area (Å²) < 4.78 is 17.4. The molecule has 0 bridgehead atoms. The number of aliphatic hydroxyl groups excluding tert-OH is 1. The molecule has 1 aromatic heterocycles. The van der Waals surface area contributed by atoms with Crippen LogP contribution < -0.4 is 43.2 Å². The number of benzene rings is 4. The van der Waals surface area contributed by atoms with Crippen molar-refractivity contribution in [1.29, 1.82) is 0 Å². The van der Waals surface area contributed by atoms with E-state index in [1.807, 2.05) is 47.7 Å². The Bertz CT molecular complexity index is 2160. The summed E-state index contributed by atoms with van der Waals surface area (Å²) in [6.45, 7) is 12.0. The quantitative estimate of drug-likeness (QED) is 0.111. The summed E-state index contributed by atoms with van der Waals surface area (Å²) >= 11 is 1.05. The van der Waals surface area contributed by atoms with Crippen molar-refractivity contribution >= 4 is 111 Å². The predicted molar refractivity (Wildman–Crippen MR) is 212 cm³/mol. The zero-order chi connectivity index (χ0) is 35.4. The minimum atomic E-state index is -0.534. The molecule has 0 spiro atoms. The normalized spacial score (nSPS) is 14.4. The zero-order valence-electron chi connectivity index (χ0n) is 30.3. The van der Waals surface area contributed by atoms with E-state index in [0.29, 0.717) is 49.5 Å². The average Bonchev–Trinajstić information content (AvgIpc) is 3.16. The van der Waals surface area contributed by atoms with Gasteiger partial charge in [0, 0.05) is 37.0 Å². The van der Waals surface area contributed by atoms with Crippen LogP contribution in [0.15, 0.2) is 90.8 Å². The molecule has 1 radical (unpaired) electrons. The van der Waals surface area contributed by atoms with Gasteiger partial charge in [0.1, 0.15) is 5.76 Å². The van der Waals surface area contributed by atoms with Gasteiger partial charge >= 0.3 is 207 Å². The van der Waals surface area contributed by atoms with Crippen LogP contribution in [-0.4, -0.2) is 67.5 Å². The summed E-state index contributed by atoms with van der Waals surface area (Å²) in [6.07, 6.45) is 4.84. The molecule has 0 unspecified atom stereocenters. The van der Waals surface area contributed by atoms with Gasteiger partial charge in [-0.1, -0.05) is 41.5 Å². The Balaban J connectivity index is 0.000000205. The van der Waals surface area contributed by atoms with Gasteiger partial charge in [0.05, 0.1) is 1.37 Å². The number of rotatable bonds is 8. The molecule has 50 heavy (non-hydrogen) atoms. The molecule has 0 atom stereocenters. The van der Waals surface area contributed by atoms with E-state index in [9.17, 15) is 9.90 Å². The van der Waals surface area contributed by atoms with Gasteiger partial charge in [0.25, 0.3) is 0 Å². The fourth-order valence-electron chi connectivity index (χ4n) is 6.72. The van der Waals surface area contributed by atoms with Crippen LogP contribution in [0.3, 0.4) is 0 Å². The van der Waals surface area contributed by atoms with Gasteiger partial charge in [0.2, 0.25) is 0 Å². The molecule has 0 saturated heterocycles. The second kappa shape index (κ2) is 15.0. The maximum atomic E-state index is 12.3. The van der Waals surface area contributed by atoms with E-state index in [-0.39, 0.29) is 52.7 Å². The number of aromatic nitrogens is 1. The molecule has 8 heteroatoms. The van der Waals surface area contributed by atoms with Gasteiger partial charge in [-0.25, -0.2) is 0 Å². The number of carbonyl (C=O) groups excluding carboxylic acids is 1. The van der Waals surface area contributed by atoms with Crippen molar-refractivity contribution in [2.24, 2.45) is 10.8 Å². The molecule has 0 fully saturated rings. The summed E-state index contributed by atoms with van der Waals surface area (Å²) in [5.41, 5.74) is 6.17. The van der Waals surface area contributed by atoms with Crippen LogP contribution in [0.2, 0.25) is 0 Å². The minimum absolute atomic E-state index is 0. The van der Waals surface area contributed by atoms with Crippen LogP contribution in [0.25, 0.3) is 22.0 Å². The fraction of sp³-hybridized carbons (Fsp3) is 0.286. The first kappa shape index (κ1) is 36.1. The molecule has 3 nitrogen and oxygen atoms in total. The van der Waals surface area contributed by atoms with Crippen molar-refractivity contribution in [3.05, 3.63) is 96.9 Å². The maximum absolute atomic E-state index is 12.3. The topological polar surface area (TPSA) is 50.2 Å². The van der Waals surface area contributed by atoms with Gasteiger partial charge in [0.15, 0.2) is 5.78 Å². The van der Waals surface area contributed by atoms with Crippen LogP contribution in [0.5, 0.6) is 0 Å². The Labute approximate surface area is 331 Å². The third kappa shape index (κ3) is 6.50. The molecular formula is C42H41BIrNO2Se3-. The van der Waals surface area contributed by atoms with Gasteiger partial charge in [-0.05, 0) is 25.7 Å². The molecule has 4 aromatic carbocycles. The van der Waals surface area contributed by atoms with Crippen LogP contribution in [0, 0.1) is 16.9 Å². The summed E-state index contributed by atoms with van der Waals surface area (Å²) in [5, 5.41) is 12.7. The monoisotopic (exact) mass is 1040 g/mol. The fourth-order valence-corrected chi connectivity index (χ4v) is 15.4. The van der Waals surface area contributed by atoms with Gasteiger partial charge < -0.3 is 5.11 Å². The van der Waals surface area contributed by atoms with Crippen molar-refractivity contribution in [2.45, 2.75) is 67.2 Å². The SMILES string of the molecule is [2H]/C(C(=O)C(C)(CC)CC)=C(/O)C(C)(CC)CC.[Ir].[c-]1cc2c3c(c1-c1cc4ccccc4cn1)[Se]c1cccc4c1B3c1c(cccc1[Se]2)[Se]4. The van der Waals surface area contributed by atoms with Crippen molar-refractivity contribution in [2.75, 3.05) is 0 Å². The van der Waals surface area contributed by atoms with Gasteiger partial charge in [-0.2, -0.15) is 0 Å². The molecule has 0 amide bonds. The van der Waals surface area contributed by atoms with E-state index in [4.69, 9.17) is 6.35 Å². The number of pyridine rings is 1. The molecule has 257 valence electrons. The summed E-state index contributed by atoms with van der Waals surface area (Å²) in [7, 11) is 0. The number of hydrogen-bond donors (Lipinski definition) is 1. The first-order chi connectivity index (χ1) is 24.1. The Morgan fingerprint density at radius 3 is 1.92 bits per heavy atom. The van der Waals surface area contributed by atoms with Crippen molar-refractivity contribution in [3.63, 3.8) is 0 Å². The molecule has 0 saturated carbocycles. The van der Waals surface area contributed by atoms with E-state index in [2.05, 4.69) is 78.9 Å². The Morgan fingerprint density at radius 1 is 0.800 bits per heavy atom. The molecule has 3 aliphatic rings. The van der Waals surface area contributed by atoms with Crippen LogP contribution in [0.1, 0.15) is 68.6 Å². The number of ketones is 1. The predicted octanol–water partition coefficient (Wildman–Crippen LogP) is 2.77. The second-order valence-electron chi connectivity index (χ2n) is 13.6. The van der Waals surface area contributed by atoms with E-state index in [0.717, 1.165) is 18.5 Å². The molecule has 1 N–H and O–H groups in total. The van der Waals surface area contributed by atoms with Crippen molar-refractivity contribution in [1.82, 2.24) is 4.98 Å². The number of fused-ring (bicyclic) bond motifs is 1. The number of aliphatic hydroxyl groups is 1. The third-order valence-electron chi connectivity index (χ3n) is 11.0. The molecule has 8 rings (SSSR count). The zero-order valence-corrected chi connectivity index (χ0v) is 36.8. The molecule has 5 aromatic rings. The summed E-state index contributed by atoms with van der Waals surface area (Å²) in [4.78, 5) is 17.2. The number of hydrogen-bond acceptors (Lipinski definition) is 3. The summed E-state index contributed by atoms with van der Waals surface area (Å²) in [6, 6.07) is 30.7. The Hall–Kier alpha value is -2.23. The molecule has 0 aliphatic carbocycles. The van der Waals surface area contributed by atoms with E-state index in [1.165, 1.54) is 25.3 Å². The molecular weight excluding hydrogens is 990 g/mol. The van der Waals surface area contributed by atoms with Crippen LogP contribution in [-0.2, 0) is 24.9 Å². The number of nitrogens with zero attached hydrogens (tertiary/aromatic N) is 1. The van der Waals surface area contributed by atoms with Crippen molar-refractivity contribution in [3.8, 4) is 11.3 Å². The van der Waals surface area contributed by atoms with Gasteiger partial charge in [-0.15, -0.1) is 0 Å². The van der Waals surface area contributed by atoms with E-state index >= 15 is 0 Å².